The molecular weight excluding hydrogens is 432 g/mol. The van der Waals surface area contributed by atoms with E-state index < -0.39 is 5.41 Å². The number of benzene rings is 1. The summed E-state index contributed by atoms with van der Waals surface area (Å²) in [6.45, 7) is 5.70. The van der Waals surface area contributed by atoms with Gasteiger partial charge in [0.25, 0.3) is 0 Å². The lowest BCUT2D eigenvalue weighted by Gasteiger charge is -2.24. The number of nitrogen functional groups attached to an aromatic ring is 1. The van der Waals surface area contributed by atoms with E-state index >= 15 is 0 Å². The third kappa shape index (κ3) is 3.33. The first kappa shape index (κ1) is 21.7. The molecule has 1 amide bonds. The highest BCUT2D eigenvalue weighted by Crippen LogP contribution is 2.45. The zero-order valence-corrected chi connectivity index (χ0v) is 19.3. The largest absolute Gasteiger partial charge is 0.508 e. The minimum absolute atomic E-state index is 0.108. The van der Waals surface area contributed by atoms with E-state index in [-0.39, 0.29) is 17.5 Å². The van der Waals surface area contributed by atoms with Gasteiger partial charge in [-0.25, -0.2) is 24.5 Å². The second-order valence-electron chi connectivity index (χ2n) is 8.79. The van der Waals surface area contributed by atoms with Crippen LogP contribution in [-0.2, 0) is 16.6 Å². The first-order chi connectivity index (χ1) is 16.3. The Labute approximate surface area is 196 Å². The second kappa shape index (κ2) is 8.05. The molecule has 0 bridgehead atoms. The molecule has 1 unspecified atom stereocenters. The summed E-state index contributed by atoms with van der Waals surface area (Å²) in [4.78, 5) is 31.4. The lowest BCUT2D eigenvalue weighted by molar-refractivity contribution is -0.119. The Morgan fingerprint density at radius 3 is 2.79 bits per heavy atom. The number of unbranched alkanes of at least 4 members (excludes halogenated alkanes) is 2. The highest BCUT2D eigenvalue weighted by atomic mass is 16.3. The number of hydrogen-bond acceptors (Lipinski definition) is 8. The first-order valence-electron chi connectivity index (χ1n) is 11.3. The molecule has 0 saturated carbocycles. The fourth-order valence-electron chi connectivity index (χ4n) is 4.43. The average Bonchev–Trinajstić information content (AvgIpc) is 3.38. The van der Waals surface area contributed by atoms with Crippen LogP contribution in [0.2, 0.25) is 0 Å². The Bertz CT molecular complexity index is 1430. The average molecular weight is 459 g/mol. The van der Waals surface area contributed by atoms with Crippen LogP contribution in [0.4, 0.5) is 11.6 Å². The van der Waals surface area contributed by atoms with Gasteiger partial charge >= 0.3 is 0 Å². The normalized spacial score (nSPS) is 17.2. The third-order valence-corrected chi connectivity index (χ3v) is 6.49. The van der Waals surface area contributed by atoms with Crippen LogP contribution >= 0.6 is 0 Å². The number of fused-ring (bicyclic) bond motifs is 2. The molecule has 0 spiro atoms. The maximum atomic E-state index is 13.1. The molecule has 1 atom stereocenters. The number of aromatic hydroxyl groups is 1. The van der Waals surface area contributed by atoms with E-state index in [4.69, 9.17) is 10.7 Å². The number of nitrogens with zero attached hydrogens (tertiary/aromatic N) is 6. The number of phenolic OH excluding ortho intramolecular Hbond substituents is 1. The lowest BCUT2D eigenvalue weighted by Crippen LogP contribution is -2.33. The van der Waals surface area contributed by atoms with Gasteiger partial charge in [0.2, 0.25) is 5.91 Å². The molecule has 10 heteroatoms. The van der Waals surface area contributed by atoms with Crippen LogP contribution in [-0.4, -0.2) is 40.6 Å². The summed E-state index contributed by atoms with van der Waals surface area (Å²) in [6.07, 6.45) is 7.14. The lowest BCUT2D eigenvalue weighted by atomic mass is 9.77. The van der Waals surface area contributed by atoms with Gasteiger partial charge in [0.15, 0.2) is 11.5 Å². The number of aryl methyl sites for hydroxylation is 2. The van der Waals surface area contributed by atoms with Gasteiger partial charge in [0.05, 0.1) is 17.5 Å². The Morgan fingerprint density at radius 2 is 2.03 bits per heavy atom. The van der Waals surface area contributed by atoms with Gasteiger partial charge in [0, 0.05) is 0 Å². The highest BCUT2D eigenvalue weighted by Gasteiger charge is 2.47. The second-order valence-corrected chi connectivity index (χ2v) is 8.79. The Morgan fingerprint density at radius 1 is 1.21 bits per heavy atom. The summed E-state index contributed by atoms with van der Waals surface area (Å²) in [5, 5.41) is 17.3. The van der Waals surface area contributed by atoms with Gasteiger partial charge in [-0.1, -0.05) is 31.9 Å². The molecule has 0 radical (unpaired) electrons. The van der Waals surface area contributed by atoms with Gasteiger partial charge in [0.1, 0.15) is 34.8 Å². The summed E-state index contributed by atoms with van der Waals surface area (Å²) in [5.74, 6) is 0.625. The van der Waals surface area contributed by atoms with E-state index in [1.165, 1.54) is 6.33 Å². The molecule has 1 aliphatic heterocycles. The summed E-state index contributed by atoms with van der Waals surface area (Å²) < 4.78 is 1.66. The van der Waals surface area contributed by atoms with Crippen LogP contribution in [0, 0.1) is 6.92 Å². The van der Waals surface area contributed by atoms with Gasteiger partial charge in [-0.15, -0.1) is 0 Å². The van der Waals surface area contributed by atoms with Crippen molar-refractivity contribution in [1.82, 2.24) is 29.5 Å². The SMILES string of the molecule is CCCCCc1nc(-c2nc(N)c3c(n2)NC(=O)C3(C)c2ccc(C)c(O)c2)cn2ncnc12. The van der Waals surface area contributed by atoms with Gasteiger partial charge < -0.3 is 16.2 Å². The molecule has 0 fully saturated rings. The Hall–Kier alpha value is -4.08. The van der Waals surface area contributed by atoms with E-state index in [0.717, 1.165) is 36.9 Å². The molecule has 5 rings (SSSR count). The molecule has 0 aliphatic carbocycles. The molecule has 10 nitrogen and oxygen atoms in total. The van der Waals surface area contributed by atoms with Crippen molar-refractivity contribution in [2.24, 2.45) is 0 Å². The molecule has 4 aromatic rings. The van der Waals surface area contributed by atoms with Crippen LogP contribution in [0.5, 0.6) is 5.75 Å². The van der Waals surface area contributed by atoms with Crippen LogP contribution in [0.25, 0.3) is 17.2 Å². The summed E-state index contributed by atoms with van der Waals surface area (Å²) in [6, 6.07) is 5.16. The predicted octanol–water partition coefficient (Wildman–Crippen LogP) is 3.17. The summed E-state index contributed by atoms with van der Waals surface area (Å²) >= 11 is 0. The van der Waals surface area contributed by atoms with Crippen LogP contribution in [0.3, 0.4) is 0 Å². The van der Waals surface area contributed by atoms with Crippen LogP contribution in [0.1, 0.15) is 55.5 Å². The predicted molar refractivity (Wildman–Crippen MR) is 127 cm³/mol. The molecule has 4 heterocycles. The van der Waals surface area contributed by atoms with Crippen molar-refractivity contribution in [3.63, 3.8) is 0 Å². The monoisotopic (exact) mass is 458 g/mol. The number of carbonyl (C=O) groups is 1. The smallest absolute Gasteiger partial charge is 0.240 e. The highest BCUT2D eigenvalue weighted by molar-refractivity contribution is 6.09. The fraction of sp³-hybridized carbons (Fsp3) is 0.333. The Kier molecular flexibility index (Phi) is 5.15. The number of hydrogen-bond donors (Lipinski definition) is 3. The van der Waals surface area contributed by atoms with Gasteiger partial charge in [-0.3, -0.25) is 4.79 Å². The number of phenols is 1. The molecular formula is C24H26N8O2. The fourth-order valence-corrected chi connectivity index (χ4v) is 4.43. The van der Waals surface area contributed by atoms with Crippen LogP contribution in [0.15, 0.2) is 30.7 Å². The van der Waals surface area contributed by atoms with Crippen molar-refractivity contribution >= 4 is 23.2 Å². The third-order valence-electron chi connectivity index (χ3n) is 6.49. The van der Waals surface area contributed by atoms with Crippen molar-refractivity contribution in [3.05, 3.63) is 53.1 Å². The van der Waals surface area contributed by atoms with Crippen molar-refractivity contribution in [3.8, 4) is 17.3 Å². The molecule has 34 heavy (non-hydrogen) atoms. The van der Waals surface area contributed by atoms with Crippen LogP contribution < -0.4 is 11.1 Å². The number of rotatable bonds is 6. The molecule has 0 saturated heterocycles. The van der Waals surface area contributed by atoms with E-state index in [1.807, 2.05) is 0 Å². The van der Waals surface area contributed by atoms with E-state index in [0.29, 0.717) is 34.1 Å². The number of aromatic nitrogens is 6. The van der Waals surface area contributed by atoms with E-state index in [9.17, 15) is 9.90 Å². The topological polar surface area (TPSA) is 144 Å². The Balaban J connectivity index is 1.61. The first-order valence-corrected chi connectivity index (χ1v) is 11.3. The number of nitrogens with two attached hydrogens (primary N) is 1. The molecule has 3 aromatic heterocycles. The minimum atomic E-state index is -1.14. The van der Waals surface area contributed by atoms with E-state index in [2.05, 4.69) is 32.3 Å². The standard InChI is InChI=1S/C24H26N8O2/c1-4-5-6-7-15-22-26-12-27-32(22)11-16(28-15)20-29-19(25)18-21(30-20)31-23(34)24(18,3)14-9-8-13(2)17(33)10-14/h8-12,33H,4-7H2,1-3H3,(H3,25,29,30,31,34). The van der Waals surface area contributed by atoms with Crippen molar-refractivity contribution < 1.29 is 9.90 Å². The maximum absolute atomic E-state index is 13.1. The number of carbonyl (C=O) groups excluding carboxylic acids is 1. The van der Waals surface area contributed by atoms with Gasteiger partial charge in [-0.2, -0.15) is 5.10 Å². The minimum Gasteiger partial charge on any atom is -0.508 e. The zero-order valence-electron chi connectivity index (χ0n) is 19.3. The molecule has 1 aliphatic rings. The summed E-state index contributed by atoms with van der Waals surface area (Å²) in [7, 11) is 0. The van der Waals surface area contributed by atoms with Crippen molar-refractivity contribution in [2.75, 3.05) is 11.1 Å². The maximum Gasteiger partial charge on any atom is 0.240 e. The van der Waals surface area contributed by atoms with E-state index in [1.54, 1.807) is 42.8 Å². The number of nitrogens with one attached hydrogen (secondary N) is 1. The quantitative estimate of drug-likeness (QED) is 0.374. The number of amides is 1. The zero-order chi connectivity index (χ0) is 24.0. The van der Waals surface area contributed by atoms with Gasteiger partial charge in [-0.05, 0) is 43.9 Å². The molecule has 1 aromatic carbocycles. The van der Waals surface area contributed by atoms with Crippen molar-refractivity contribution in [1.29, 1.82) is 0 Å². The molecule has 174 valence electrons. The molecule has 4 N–H and O–H groups in total. The summed E-state index contributed by atoms with van der Waals surface area (Å²) in [5.41, 5.74) is 9.09. The van der Waals surface area contributed by atoms with Crippen molar-refractivity contribution in [2.45, 2.75) is 51.9 Å². The number of anilines is 2.